The first-order valence-corrected chi connectivity index (χ1v) is 7.17. The Balaban J connectivity index is 1.98. The van der Waals surface area contributed by atoms with Crippen LogP contribution < -0.4 is 10.1 Å². The van der Waals surface area contributed by atoms with Crippen LogP contribution in [0.25, 0.3) is 10.9 Å². The van der Waals surface area contributed by atoms with E-state index in [2.05, 4.69) is 10.3 Å². The number of aromatic carboxylic acids is 1. The Bertz CT molecular complexity index is 848. The molecule has 116 valence electrons. The molecule has 0 radical (unpaired) electrons. The first kappa shape index (κ1) is 14.8. The van der Waals surface area contributed by atoms with Gasteiger partial charge in [0.05, 0.1) is 12.6 Å². The van der Waals surface area contributed by atoms with Gasteiger partial charge in [-0.05, 0) is 23.8 Å². The first-order chi connectivity index (χ1) is 11.2. The van der Waals surface area contributed by atoms with Crippen molar-refractivity contribution in [3.05, 3.63) is 65.7 Å². The minimum Gasteiger partial charge on any atom is -0.497 e. The van der Waals surface area contributed by atoms with Crippen molar-refractivity contribution in [2.45, 2.75) is 6.54 Å². The number of carboxylic acid groups (broad SMARTS) is 1. The molecular formula is C18H16N2O3. The molecule has 0 amide bonds. The van der Waals surface area contributed by atoms with E-state index in [0.717, 1.165) is 10.9 Å². The molecule has 2 aromatic carbocycles. The van der Waals surface area contributed by atoms with Gasteiger partial charge in [0.25, 0.3) is 0 Å². The molecule has 0 bridgehead atoms. The molecule has 0 fully saturated rings. The van der Waals surface area contributed by atoms with Crippen molar-refractivity contribution in [1.82, 2.24) is 4.98 Å². The van der Waals surface area contributed by atoms with Crippen LogP contribution in [0.2, 0.25) is 0 Å². The Hall–Kier alpha value is -3.08. The topological polar surface area (TPSA) is 71.5 Å². The summed E-state index contributed by atoms with van der Waals surface area (Å²) in [6.07, 6.45) is 0. The number of pyridine rings is 1. The van der Waals surface area contributed by atoms with E-state index in [1.54, 1.807) is 31.4 Å². The number of hydrogen-bond acceptors (Lipinski definition) is 4. The Morgan fingerprint density at radius 3 is 2.65 bits per heavy atom. The quantitative estimate of drug-likeness (QED) is 0.754. The van der Waals surface area contributed by atoms with Crippen molar-refractivity contribution in [1.29, 1.82) is 0 Å². The highest BCUT2D eigenvalue weighted by molar-refractivity contribution is 5.98. The molecule has 0 saturated carbocycles. The molecule has 0 spiro atoms. The lowest BCUT2D eigenvalue weighted by Crippen LogP contribution is -2.08. The summed E-state index contributed by atoms with van der Waals surface area (Å²) in [5, 5.41) is 13.3. The molecule has 0 saturated heterocycles. The highest BCUT2D eigenvalue weighted by Gasteiger charge is 2.13. The number of methoxy groups -OCH3 is 1. The summed E-state index contributed by atoms with van der Waals surface area (Å²) in [4.78, 5) is 15.9. The second-order valence-electron chi connectivity index (χ2n) is 5.09. The maximum Gasteiger partial charge on any atom is 0.339 e. The highest BCUT2D eigenvalue weighted by Crippen LogP contribution is 2.24. The number of carboxylic acids is 1. The number of nitrogens with zero attached hydrogens (tertiary/aromatic N) is 1. The maximum atomic E-state index is 11.5. The zero-order valence-electron chi connectivity index (χ0n) is 12.6. The van der Waals surface area contributed by atoms with Gasteiger partial charge >= 0.3 is 5.97 Å². The fourth-order valence-electron chi connectivity index (χ4n) is 2.35. The first-order valence-electron chi connectivity index (χ1n) is 7.17. The van der Waals surface area contributed by atoms with Gasteiger partial charge in [-0.25, -0.2) is 9.78 Å². The van der Waals surface area contributed by atoms with Crippen molar-refractivity contribution < 1.29 is 14.6 Å². The molecular weight excluding hydrogens is 292 g/mol. The van der Waals surface area contributed by atoms with E-state index in [1.807, 2.05) is 30.3 Å². The Kier molecular flexibility index (Phi) is 4.10. The molecule has 5 heteroatoms. The second kappa shape index (κ2) is 6.36. The number of rotatable bonds is 5. The Morgan fingerprint density at radius 2 is 1.96 bits per heavy atom. The van der Waals surface area contributed by atoms with Crippen molar-refractivity contribution in [3.8, 4) is 5.75 Å². The lowest BCUT2D eigenvalue weighted by atomic mass is 10.1. The smallest absolute Gasteiger partial charge is 0.339 e. The highest BCUT2D eigenvalue weighted by atomic mass is 16.5. The predicted octanol–water partition coefficient (Wildman–Crippen LogP) is 3.55. The number of aromatic nitrogens is 1. The number of nitrogens with one attached hydrogen (secondary N) is 1. The van der Waals surface area contributed by atoms with Gasteiger partial charge in [0, 0.05) is 18.0 Å². The third kappa shape index (κ3) is 3.23. The average Bonchev–Trinajstić information content (AvgIpc) is 2.59. The molecule has 0 aliphatic rings. The van der Waals surface area contributed by atoms with E-state index in [-0.39, 0.29) is 5.56 Å². The molecule has 0 unspecified atom stereocenters. The van der Waals surface area contributed by atoms with E-state index in [1.165, 1.54) is 0 Å². The maximum absolute atomic E-state index is 11.5. The molecule has 5 nitrogen and oxygen atoms in total. The lowest BCUT2D eigenvalue weighted by Gasteiger charge is -2.11. The normalized spacial score (nSPS) is 10.5. The van der Waals surface area contributed by atoms with Crippen LogP contribution in [0.15, 0.2) is 54.6 Å². The van der Waals surface area contributed by atoms with Gasteiger partial charge in [0.2, 0.25) is 0 Å². The largest absolute Gasteiger partial charge is 0.497 e. The molecule has 0 aliphatic heterocycles. The molecule has 3 rings (SSSR count). The van der Waals surface area contributed by atoms with Crippen molar-refractivity contribution in [2.24, 2.45) is 0 Å². The van der Waals surface area contributed by atoms with Gasteiger partial charge in [-0.2, -0.15) is 0 Å². The summed E-state index contributed by atoms with van der Waals surface area (Å²) in [5.74, 6) is 0.0231. The third-order valence-electron chi connectivity index (χ3n) is 3.56. The van der Waals surface area contributed by atoms with Crippen LogP contribution in [0, 0.1) is 0 Å². The van der Waals surface area contributed by atoms with E-state index >= 15 is 0 Å². The number of fused-ring (bicyclic) bond motifs is 1. The summed E-state index contributed by atoms with van der Waals surface area (Å²) in [7, 11) is 1.58. The fourth-order valence-corrected chi connectivity index (χ4v) is 2.35. The summed E-state index contributed by atoms with van der Waals surface area (Å²) in [6.45, 7) is 0.504. The number of carbonyl (C=O) groups is 1. The molecule has 23 heavy (non-hydrogen) atoms. The molecule has 2 N–H and O–H groups in total. The van der Waals surface area contributed by atoms with Crippen LogP contribution in [-0.4, -0.2) is 23.2 Å². The summed E-state index contributed by atoms with van der Waals surface area (Å²) >= 11 is 0. The van der Waals surface area contributed by atoms with E-state index < -0.39 is 5.97 Å². The predicted molar refractivity (Wildman–Crippen MR) is 89.0 cm³/mol. The number of hydrogen-bond donors (Lipinski definition) is 2. The second-order valence-corrected chi connectivity index (χ2v) is 5.09. The van der Waals surface area contributed by atoms with Gasteiger partial charge in [-0.1, -0.05) is 30.3 Å². The standard InChI is InChI=1S/C18H16N2O3/c1-23-14-8-7-13-9-15(18(21)22)17(20-16(13)10-14)19-11-12-5-3-2-4-6-12/h2-10H,11H2,1H3,(H,19,20)(H,21,22). The molecule has 0 atom stereocenters. The number of benzene rings is 2. The molecule has 0 aliphatic carbocycles. The monoisotopic (exact) mass is 308 g/mol. The average molecular weight is 308 g/mol. The van der Waals surface area contributed by atoms with Crippen LogP contribution in [-0.2, 0) is 6.54 Å². The fraction of sp³-hybridized carbons (Fsp3) is 0.111. The summed E-state index contributed by atoms with van der Waals surface area (Å²) < 4.78 is 5.19. The van der Waals surface area contributed by atoms with Gasteiger partial charge < -0.3 is 15.2 Å². The van der Waals surface area contributed by atoms with Gasteiger partial charge in [0.1, 0.15) is 17.1 Å². The van der Waals surface area contributed by atoms with Crippen LogP contribution in [0.4, 0.5) is 5.82 Å². The van der Waals surface area contributed by atoms with Crippen LogP contribution in [0.3, 0.4) is 0 Å². The van der Waals surface area contributed by atoms with Gasteiger partial charge in [0.15, 0.2) is 0 Å². The zero-order valence-corrected chi connectivity index (χ0v) is 12.6. The summed E-state index contributed by atoms with van der Waals surface area (Å²) in [6, 6.07) is 16.7. The number of anilines is 1. The Labute approximate surface area is 133 Å². The lowest BCUT2D eigenvalue weighted by molar-refractivity contribution is 0.0697. The van der Waals surface area contributed by atoms with E-state index in [0.29, 0.717) is 23.6 Å². The molecule has 3 aromatic rings. The van der Waals surface area contributed by atoms with Crippen LogP contribution >= 0.6 is 0 Å². The van der Waals surface area contributed by atoms with E-state index in [9.17, 15) is 9.90 Å². The van der Waals surface area contributed by atoms with Crippen molar-refractivity contribution >= 4 is 22.7 Å². The minimum absolute atomic E-state index is 0.151. The SMILES string of the molecule is COc1ccc2cc(C(=O)O)c(NCc3ccccc3)nc2c1. The molecule has 1 heterocycles. The number of ether oxygens (including phenoxy) is 1. The van der Waals surface area contributed by atoms with Gasteiger partial charge in [-0.15, -0.1) is 0 Å². The Morgan fingerprint density at radius 1 is 1.17 bits per heavy atom. The molecule has 1 aromatic heterocycles. The van der Waals surface area contributed by atoms with E-state index in [4.69, 9.17) is 4.74 Å². The van der Waals surface area contributed by atoms with Crippen molar-refractivity contribution in [3.63, 3.8) is 0 Å². The third-order valence-corrected chi connectivity index (χ3v) is 3.56. The van der Waals surface area contributed by atoms with Gasteiger partial charge in [-0.3, -0.25) is 0 Å². The zero-order chi connectivity index (χ0) is 16.2. The van der Waals surface area contributed by atoms with Crippen LogP contribution in [0.5, 0.6) is 5.75 Å². The van der Waals surface area contributed by atoms with Crippen molar-refractivity contribution in [2.75, 3.05) is 12.4 Å². The van der Waals surface area contributed by atoms with Crippen LogP contribution in [0.1, 0.15) is 15.9 Å². The minimum atomic E-state index is -1.01. The summed E-state index contributed by atoms with van der Waals surface area (Å²) in [5.41, 5.74) is 1.89.